The number of rotatable bonds is 7. The summed E-state index contributed by atoms with van der Waals surface area (Å²) in [6.07, 6.45) is 8.21. The number of esters is 1. The Balaban J connectivity index is 1.17. The number of thiazole rings is 1. The Morgan fingerprint density at radius 1 is 0.958 bits per heavy atom. The van der Waals surface area contributed by atoms with Crippen LogP contribution in [0.3, 0.4) is 0 Å². The molecule has 1 fully saturated rings. The van der Waals surface area contributed by atoms with Gasteiger partial charge in [-0.15, -0.1) is 0 Å². The molecule has 0 spiro atoms. The fraction of sp³-hybridized carbons (Fsp3) is 0.342. The summed E-state index contributed by atoms with van der Waals surface area (Å²) in [6.45, 7) is 6.69. The second kappa shape index (κ2) is 13.4. The third-order valence-corrected chi connectivity index (χ3v) is 9.67. The van der Waals surface area contributed by atoms with Crippen LogP contribution in [0.5, 0.6) is 5.88 Å². The predicted molar refractivity (Wildman–Crippen MR) is 189 cm³/mol. The van der Waals surface area contributed by atoms with Gasteiger partial charge in [0, 0.05) is 36.5 Å². The van der Waals surface area contributed by atoms with Gasteiger partial charge in [0.05, 0.1) is 10.2 Å². The van der Waals surface area contributed by atoms with E-state index in [0.717, 1.165) is 59.0 Å². The van der Waals surface area contributed by atoms with Crippen LogP contribution in [-0.4, -0.2) is 45.1 Å². The summed E-state index contributed by atoms with van der Waals surface area (Å²) in [6, 6.07) is 21.3. The van der Waals surface area contributed by atoms with E-state index in [2.05, 4.69) is 26.3 Å². The van der Waals surface area contributed by atoms with Crippen molar-refractivity contribution in [3.8, 4) is 17.0 Å². The summed E-state index contributed by atoms with van der Waals surface area (Å²) in [5.74, 6) is 0.482. The molecule has 10 heteroatoms. The quantitative estimate of drug-likeness (QED) is 0.174. The SMILES string of the molecule is CC(C)(C)OC(=O)c1nc(N2CCc3cccc(C(=O)Nc4nc5ccccc5s4)c3C2)ccc1-c1ccnc(OC2CCCCC2)c1. The number of carbonyl (C=O) groups is 2. The van der Waals surface area contributed by atoms with Crippen LogP contribution in [0.15, 0.2) is 72.9 Å². The summed E-state index contributed by atoms with van der Waals surface area (Å²) in [5, 5.41) is 3.58. The zero-order valence-corrected chi connectivity index (χ0v) is 28.3. The van der Waals surface area contributed by atoms with Crippen molar-refractivity contribution in [2.24, 2.45) is 0 Å². The second-order valence-corrected chi connectivity index (χ2v) is 14.4. The van der Waals surface area contributed by atoms with Crippen LogP contribution in [0.2, 0.25) is 0 Å². The molecule has 1 aliphatic heterocycles. The molecular formula is C38H39N5O4S. The van der Waals surface area contributed by atoms with E-state index in [1.54, 1.807) is 6.20 Å². The summed E-state index contributed by atoms with van der Waals surface area (Å²) >= 11 is 1.45. The lowest BCUT2D eigenvalue weighted by Gasteiger charge is -2.31. The van der Waals surface area contributed by atoms with Crippen molar-refractivity contribution in [3.05, 3.63) is 95.3 Å². The maximum Gasteiger partial charge on any atom is 0.358 e. The summed E-state index contributed by atoms with van der Waals surface area (Å²) in [7, 11) is 0. The summed E-state index contributed by atoms with van der Waals surface area (Å²) < 4.78 is 13.1. The molecule has 4 heterocycles. The van der Waals surface area contributed by atoms with Crippen LogP contribution in [-0.2, 0) is 17.7 Å². The van der Waals surface area contributed by atoms with Crippen molar-refractivity contribution in [3.63, 3.8) is 0 Å². The molecule has 2 aliphatic rings. The van der Waals surface area contributed by atoms with E-state index in [0.29, 0.717) is 41.0 Å². The highest BCUT2D eigenvalue weighted by atomic mass is 32.1. The largest absolute Gasteiger partial charge is 0.474 e. The molecule has 48 heavy (non-hydrogen) atoms. The maximum atomic E-state index is 13.7. The number of carbonyl (C=O) groups excluding carboxylic acids is 2. The molecule has 0 bridgehead atoms. The Labute approximate surface area is 284 Å². The van der Waals surface area contributed by atoms with Gasteiger partial charge in [0.1, 0.15) is 17.5 Å². The highest BCUT2D eigenvalue weighted by Gasteiger charge is 2.27. The Morgan fingerprint density at radius 2 is 1.79 bits per heavy atom. The van der Waals surface area contributed by atoms with Crippen molar-refractivity contribution < 1.29 is 19.1 Å². The van der Waals surface area contributed by atoms with Gasteiger partial charge in [0.15, 0.2) is 10.8 Å². The second-order valence-electron chi connectivity index (χ2n) is 13.4. The lowest BCUT2D eigenvalue weighted by atomic mass is 9.94. The first kappa shape index (κ1) is 31.8. The molecule has 246 valence electrons. The molecule has 5 aromatic rings. The molecule has 1 amide bonds. The van der Waals surface area contributed by atoms with Crippen LogP contribution in [0.25, 0.3) is 21.3 Å². The Hall–Kier alpha value is -4.83. The first-order valence-corrected chi connectivity index (χ1v) is 17.4. The van der Waals surface area contributed by atoms with Crippen LogP contribution >= 0.6 is 11.3 Å². The fourth-order valence-corrected chi connectivity index (χ4v) is 7.28. The first-order chi connectivity index (χ1) is 23.2. The Morgan fingerprint density at radius 3 is 2.60 bits per heavy atom. The smallest absolute Gasteiger partial charge is 0.358 e. The number of nitrogens with one attached hydrogen (secondary N) is 1. The average molecular weight is 662 g/mol. The number of pyridine rings is 2. The summed E-state index contributed by atoms with van der Waals surface area (Å²) in [4.78, 5) is 43.3. The van der Waals surface area contributed by atoms with E-state index in [1.807, 2.05) is 81.4 Å². The van der Waals surface area contributed by atoms with Gasteiger partial charge in [-0.2, -0.15) is 0 Å². The highest BCUT2D eigenvalue weighted by Crippen LogP contribution is 2.33. The summed E-state index contributed by atoms with van der Waals surface area (Å²) in [5.41, 5.74) is 4.47. The number of anilines is 2. The first-order valence-electron chi connectivity index (χ1n) is 16.6. The lowest BCUT2D eigenvalue weighted by Crippen LogP contribution is -2.33. The van der Waals surface area contributed by atoms with Crippen molar-refractivity contribution >= 4 is 44.4 Å². The molecule has 0 radical (unpaired) electrons. The minimum atomic E-state index is -0.699. The van der Waals surface area contributed by atoms with E-state index in [1.165, 1.54) is 17.8 Å². The Bertz CT molecular complexity index is 1940. The van der Waals surface area contributed by atoms with Gasteiger partial charge in [-0.1, -0.05) is 42.0 Å². The number of amides is 1. The van der Waals surface area contributed by atoms with E-state index >= 15 is 0 Å². The predicted octanol–water partition coefficient (Wildman–Crippen LogP) is 8.24. The van der Waals surface area contributed by atoms with Crippen molar-refractivity contribution in [2.45, 2.75) is 77.5 Å². The fourth-order valence-electron chi connectivity index (χ4n) is 6.41. The normalized spacial score (nSPS) is 15.2. The van der Waals surface area contributed by atoms with E-state index < -0.39 is 11.6 Å². The van der Waals surface area contributed by atoms with Gasteiger partial charge in [-0.3, -0.25) is 10.1 Å². The number of nitrogens with zero attached hydrogens (tertiary/aromatic N) is 4. The molecule has 1 N–H and O–H groups in total. The third-order valence-electron chi connectivity index (χ3n) is 8.71. The number of benzene rings is 2. The van der Waals surface area contributed by atoms with Gasteiger partial charge in [-0.05, 0) is 106 Å². The van der Waals surface area contributed by atoms with Crippen molar-refractivity contribution in [2.75, 3.05) is 16.8 Å². The topological polar surface area (TPSA) is 107 Å². The number of hydrogen-bond donors (Lipinski definition) is 1. The maximum absolute atomic E-state index is 13.7. The molecular weight excluding hydrogens is 623 g/mol. The van der Waals surface area contributed by atoms with Gasteiger partial charge < -0.3 is 14.4 Å². The monoisotopic (exact) mass is 661 g/mol. The van der Waals surface area contributed by atoms with Crippen molar-refractivity contribution in [1.29, 1.82) is 0 Å². The van der Waals surface area contributed by atoms with Gasteiger partial charge in [-0.25, -0.2) is 19.7 Å². The molecule has 7 rings (SSSR count). The van der Waals surface area contributed by atoms with Crippen LogP contribution < -0.4 is 15.0 Å². The van der Waals surface area contributed by atoms with E-state index in [4.69, 9.17) is 14.5 Å². The number of aromatic nitrogens is 3. The van der Waals surface area contributed by atoms with Crippen LogP contribution in [0.4, 0.5) is 10.9 Å². The van der Waals surface area contributed by atoms with Crippen molar-refractivity contribution in [1.82, 2.24) is 15.0 Å². The standard InChI is InChI=1S/C38H39N5O4S/c1-38(2,3)47-36(45)34-27(25-18-20-39-33(22-25)46-26-11-5-4-6-12-26)16-17-32(41-34)43-21-19-24-10-9-13-28(29(24)23-43)35(44)42-37-40-30-14-7-8-15-31(30)48-37/h7-10,13-18,20,22,26H,4-6,11-12,19,21,23H2,1-3H3,(H,40,42,44). The van der Waals surface area contributed by atoms with E-state index in [-0.39, 0.29) is 17.7 Å². The van der Waals surface area contributed by atoms with Gasteiger partial charge >= 0.3 is 5.97 Å². The van der Waals surface area contributed by atoms with Gasteiger partial charge in [0.25, 0.3) is 5.91 Å². The molecule has 1 saturated carbocycles. The number of hydrogen-bond acceptors (Lipinski definition) is 9. The minimum Gasteiger partial charge on any atom is -0.474 e. The average Bonchev–Trinajstić information content (AvgIpc) is 3.49. The highest BCUT2D eigenvalue weighted by molar-refractivity contribution is 7.22. The number of para-hydroxylation sites is 1. The zero-order valence-electron chi connectivity index (χ0n) is 27.5. The third kappa shape index (κ3) is 7.04. The molecule has 2 aromatic carbocycles. The Kier molecular flexibility index (Phi) is 8.83. The molecule has 9 nitrogen and oxygen atoms in total. The molecule has 0 saturated heterocycles. The van der Waals surface area contributed by atoms with E-state index in [9.17, 15) is 9.59 Å². The van der Waals surface area contributed by atoms with Crippen LogP contribution in [0, 0.1) is 0 Å². The lowest BCUT2D eigenvalue weighted by molar-refractivity contribution is 0.00637. The molecule has 0 atom stereocenters. The minimum absolute atomic E-state index is 0.155. The molecule has 1 aliphatic carbocycles. The molecule has 0 unspecified atom stereocenters. The number of fused-ring (bicyclic) bond motifs is 2. The zero-order chi connectivity index (χ0) is 33.3. The van der Waals surface area contributed by atoms with Gasteiger partial charge in [0.2, 0.25) is 5.88 Å². The van der Waals surface area contributed by atoms with Crippen LogP contribution in [0.1, 0.15) is 84.8 Å². The number of ether oxygens (including phenoxy) is 2. The molecule has 3 aromatic heterocycles.